The van der Waals surface area contributed by atoms with Gasteiger partial charge in [0.25, 0.3) is 0 Å². The molecule has 8 N–H and O–H groups in total. The maximum absolute atomic E-state index is 14.6. The zero-order chi connectivity index (χ0) is 51.2. The zero-order valence-corrected chi connectivity index (χ0v) is 43.6. The quantitative estimate of drug-likeness (QED) is 0.121. The summed E-state index contributed by atoms with van der Waals surface area (Å²) in [5, 5.41) is 23.6. The zero-order valence-electron chi connectivity index (χ0n) is 42.0. The van der Waals surface area contributed by atoms with Gasteiger partial charge in [-0.25, -0.2) is 0 Å². The first-order valence-electron chi connectivity index (χ1n) is 25.2. The SMILES string of the molecule is CNCC(=O)N[C@H]1CCS[C@H]2CC(C)(C)[C@@H](C(=O)N[C@H](C(=O)N[C@H]3CC[C@H](NC(=O)C(NC(=O)[C@H]4C5C(=O)[C@@H](NC(=O)[C@H](C)NC)CCS[C@H]5CC4(C)C)c4ccccc4)CC3)c3ccccc3)N2C1=O. The second kappa shape index (κ2) is 23.3. The molecule has 2 aliphatic carbocycles. The van der Waals surface area contributed by atoms with Gasteiger partial charge in [-0.1, -0.05) is 88.4 Å². The number of ketones is 1. The Morgan fingerprint density at radius 3 is 1.73 bits per heavy atom. The fourth-order valence-corrected chi connectivity index (χ4v) is 14.6. The number of rotatable bonds is 16. The number of likely N-dealkylation sites (N-methyl/N-ethyl adjacent to an activating group) is 2. The van der Waals surface area contributed by atoms with E-state index in [1.165, 1.54) is 0 Å². The summed E-state index contributed by atoms with van der Waals surface area (Å²) in [5.74, 6) is -2.72. The van der Waals surface area contributed by atoms with Crippen molar-refractivity contribution in [2.24, 2.45) is 22.7 Å². The summed E-state index contributed by atoms with van der Waals surface area (Å²) in [4.78, 5) is 113. The summed E-state index contributed by atoms with van der Waals surface area (Å²) in [7, 11) is 3.34. The van der Waals surface area contributed by atoms with E-state index >= 15 is 0 Å². The van der Waals surface area contributed by atoms with Crippen LogP contribution in [0.3, 0.4) is 0 Å². The van der Waals surface area contributed by atoms with Crippen molar-refractivity contribution in [3.05, 3.63) is 71.8 Å². The minimum absolute atomic E-state index is 0.0571. The molecular formula is C52H73N9O8S2. The largest absolute Gasteiger partial charge is 0.351 e. The average Bonchev–Trinajstić information content (AvgIpc) is 3.66. The summed E-state index contributed by atoms with van der Waals surface area (Å²) in [6.07, 6.45) is 4.27. The molecule has 3 saturated heterocycles. The number of fused-ring (bicyclic) bond motifs is 2. The van der Waals surface area contributed by atoms with Crippen LogP contribution in [0.1, 0.15) is 109 Å². The van der Waals surface area contributed by atoms with Crippen LogP contribution in [0.5, 0.6) is 0 Å². The lowest BCUT2D eigenvalue weighted by Gasteiger charge is -2.35. The lowest BCUT2D eigenvalue weighted by molar-refractivity contribution is -0.144. The third-order valence-corrected chi connectivity index (χ3v) is 17.8. The Balaban J connectivity index is 1.00. The minimum atomic E-state index is -1.06. The topological polar surface area (TPSA) is 236 Å². The van der Waals surface area contributed by atoms with E-state index in [4.69, 9.17) is 0 Å². The van der Waals surface area contributed by atoms with E-state index in [9.17, 15) is 38.4 Å². The molecule has 0 aromatic heterocycles. The number of nitrogens with one attached hydrogen (secondary N) is 8. The molecule has 0 bridgehead atoms. The lowest BCUT2D eigenvalue weighted by Crippen LogP contribution is -2.58. The van der Waals surface area contributed by atoms with Crippen molar-refractivity contribution >= 4 is 70.7 Å². The third kappa shape index (κ3) is 12.4. The lowest BCUT2D eigenvalue weighted by atomic mass is 9.75. The van der Waals surface area contributed by atoms with Gasteiger partial charge in [-0.05, 0) is 106 Å². The van der Waals surface area contributed by atoms with Gasteiger partial charge in [0.2, 0.25) is 41.4 Å². The molecule has 0 radical (unpaired) electrons. The third-order valence-electron chi connectivity index (χ3n) is 15.2. The highest BCUT2D eigenvalue weighted by molar-refractivity contribution is 8.00. The molecule has 7 rings (SSSR count). The Morgan fingerprint density at radius 2 is 1.18 bits per heavy atom. The number of hydrogen-bond donors (Lipinski definition) is 8. The van der Waals surface area contributed by atoms with Crippen molar-refractivity contribution in [1.82, 2.24) is 47.4 Å². The number of benzene rings is 2. The van der Waals surface area contributed by atoms with Gasteiger partial charge in [0.05, 0.1) is 29.9 Å². The van der Waals surface area contributed by atoms with Crippen LogP contribution in [0.15, 0.2) is 60.7 Å². The second-order valence-electron chi connectivity index (χ2n) is 21.2. The normalized spacial score (nSPS) is 29.1. The van der Waals surface area contributed by atoms with Crippen molar-refractivity contribution in [2.75, 3.05) is 32.1 Å². The van der Waals surface area contributed by atoms with Crippen molar-refractivity contribution in [2.45, 2.75) is 145 Å². The molecule has 0 spiro atoms. The maximum atomic E-state index is 14.6. The molecule has 5 fully saturated rings. The molecule has 386 valence electrons. The number of Topliss-reactive ketones (excluding diaryl/α,β-unsaturated/α-hetero) is 1. The highest BCUT2D eigenvalue weighted by Gasteiger charge is 2.58. The maximum Gasteiger partial charge on any atom is 0.247 e. The second-order valence-corrected chi connectivity index (χ2v) is 23.9. The molecule has 7 amide bonds. The molecule has 3 heterocycles. The van der Waals surface area contributed by atoms with Crippen molar-refractivity contribution in [1.29, 1.82) is 0 Å². The predicted octanol–water partition coefficient (Wildman–Crippen LogP) is 2.87. The average molecular weight is 1020 g/mol. The molecule has 5 aliphatic rings. The van der Waals surface area contributed by atoms with Gasteiger partial charge < -0.3 is 47.4 Å². The van der Waals surface area contributed by atoms with Crippen molar-refractivity contribution in [3.8, 4) is 0 Å². The molecule has 10 atom stereocenters. The van der Waals surface area contributed by atoms with E-state index < -0.39 is 70.7 Å². The Bertz CT molecular complexity index is 2280. The first-order chi connectivity index (χ1) is 33.8. The van der Waals surface area contributed by atoms with Crippen molar-refractivity contribution < 1.29 is 38.4 Å². The Labute approximate surface area is 426 Å². The fourth-order valence-electron chi connectivity index (χ4n) is 11.3. The summed E-state index contributed by atoms with van der Waals surface area (Å²) in [5.41, 5.74) is -0.0137. The molecule has 2 aromatic carbocycles. The van der Waals surface area contributed by atoms with Crippen LogP contribution in [0.2, 0.25) is 0 Å². The molecule has 19 heteroatoms. The number of hydrogen-bond acceptors (Lipinski definition) is 12. The molecule has 2 unspecified atom stereocenters. The van der Waals surface area contributed by atoms with Crippen LogP contribution in [-0.2, 0) is 38.4 Å². The van der Waals surface area contributed by atoms with E-state index in [1.54, 1.807) is 85.8 Å². The first kappa shape index (κ1) is 53.8. The van der Waals surface area contributed by atoms with Gasteiger partial charge in [-0.15, -0.1) is 11.8 Å². The Hall–Kier alpha value is -4.98. The van der Waals surface area contributed by atoms with Crippen LogP contribution < -0.4 is 42.5 Å². The smallest absolute Gasteiger partial charge is 0.247 e. The molecule has 2 saturated carbocycles. The van der Waals surface area contributed by atoms with Gasteiger partial charge in [0.15, 0.2) is 5.78 Å². The summed E-state index contributed by atoms with van der Waals surface area (Å²) in [6, 6.07) is 12.5. The Morgan fingerprint density at radius 1 is 0.648 bits per heavy atom. The fraction of sp³-hybridized carbons (Fsp3) is 0.615. The first-order valence-corrected chi connectivity index (χ1v) is 27.2. The van der Waals surface area contributed by atoms with Crippen LogP contribution in [-0.4, -0.2) is 131 Å². The highest BCUT2D eigenvalue weighted by atomic mass is 32.2. The van der Waals surface area contributed by atoms with E-state index in [0.717, 1.165) is 0 Å². The predicted molar refractivity (Wildman–Crippen MR) is 274 cm³/mol. The van der Waals surface area contributed by atoms with Crippen LogP contribution in [0, 0.1) is 22.7 Å². The van der Waals surface area contributed by atoms with Crippen molar-refractivity contribution in [3.63, 3.8) is 0 Å². The number of thioether (sulfide) groups is 2. The van der Waals surface area contributed by atoms with Gasteiger partial charge in [0.1, 0.15) is 24.2 Å². The number of carbonyl (C=O) groups is 8. The summed E-state index contributed by atoms with van der Waals surface area (Å²) >= 11 is 3.27. The van der Waals surface area contributed by atoms with E-state index in [0.29, 0.717) is 74.0 Å². The number of nitrogens with zero attached hydrogens (tertiary/aromatic N) is 1. The Kier molecular flexibility index (Phi) is 17.6. The van der Waals surface area contributed by atoms with E-state index in [1.807, 2.05) is 52.0 Å². The van der Waals surface area contributed by atoms with Crippen LogP contribution in [0.4, 0.5) is 0 Å². The minimum Gasteiger partial charge on any atom is -0.351 e. The monoisotopic (exact) mass is 1020 g/mol. The van der Waals surface area contributed by atoms with Crippen LogP contribution >= 0.6 is 23.5 Å². The standard InChI is InChI=1S/C52H73N9O8S2/c1-29(54-7)45(64)58-34-22-24-70-36-26-51(2,3)40(39(36)43(34)63)46(65)59-41(30-14-10-8-11-15-30)47(66)55-32-18-20-33(21-19-32)56-48(67)42(31-16-12-9-13-17-31)60-49(68)44-52(4,5)27-38-61(44)50(69)35(23-25-71-38)57-37(62)28-53-6/h8-17,29,32-36,38-42,44,53-54H,18-28H2,1-7H3,(H,55,66)(H,56,67)(H,57,62)(H,58,64)(H,59,65)(H,60,68)/t29-,32-,33-,34-,35-,36-,38-,39?,40+,41?,42-,44+/m0/s1. The molecule has 71 heavy (non-hydrogen) atoms. The van der Waals surface area contributed by atoms with Gasteiger partial charge >= 0.3 is 0 Å². The molecule has 2 aromatic rings. The van der Waals surface area contributed by atoms with Gasteiger partial charge in [-0.2, -0.15) is 11.8 Å². The summed E-state index contributed by atoms with van der Waals surface area (Å²) in [6.45, 7) is 9.68. The van der Waals surface area contributed by atoms with Crippen LogP contribution in [0.25, 0.3) is 0 Å². The van der Waals surface area contributed by atoms with Gasteiger partial charge in [-0.3, -0.25) is 38.4 Å². The van der Waals surface area contributed by atoms with Gasteiger partial charge in [0, 0.05) is 23.3 Å². The molecular weight excluding hydrogens is 943 g/mol. The number of amides is 7. The van der Waals surface area contributed by atoms with E-state index in [-0.39, 0.29) is 64.6 Å². The highest BCUT2D eigenvalue weighted by Crippen LogP contribution is 2.53. The molecule has 17 nitrogen and oxygen atoms in total. The number of carbonyl (C=O) groups excluding carboxylic acids is 8. The van der Waals surface area contributed by atoms with E-state index in [2.05, 4.69) is 42.5 Å². The summed E-state index contributed by atoms with van der Waals surface area (Å²) < 4.78 is 0. The molecule has 3 aliphatic heterocycles.